The van der Waals surface area contributed by atoms with E-state index in [0.29, 0.717) is 0 Å². The first-order valence-electron chi connectivity index (χ1n) is 7.79. The fourth-order valence-electron chi connectivity index (χ4n) is 3.16. The van der Waals surface area contributed by atoms with Crippen LogP contribution >= 0.6 is 0 Å². The quantitative estimate of drug-likeness (QED) is 0.505. The Morgan fingerprint density at radius 3 is 1.08 bits per heavy atom. The lowest BCUT2D eigenvalue weighted by Crippen LogP contribution is -2.74. The Morgan fingerprint density at radius 2 is 0.846 bits per heavy atom. The third-order valence-corrected chi connectivity index (χ3v) is 14.3. The fraction of sp³-hybridized carbons (Fsp3) is 0.0526. The van der Waals surface area contributed by atoms with E-state index in [1.165, 1.54) is 36.4 Å². The lowest BCUT2D eigenvalue weighted by atomic mass is 10.3. The van der Waals surface area contributed by atoms with Crippen molar-refractivity contribution in [1.29, 1.82) is 0 Å². The van der Waals surface area contributed by atoms with E-state index < -0.39 is 22.0 Å². The van der Waals surface area contributed by atoms with Crippen LogP contribution in [0.5, 0.6) is 0 Å². The maximum atomic E-state index is 13.8. The molecule has 26 heavy (non-hydrogen) atoms. The van der Waals surface area contributed by atoms with Gasteiger partial charge in [0.1, 0.15) is 0 Å². The van der Waals surface area contributed by atoms with E-state index in [2.05, 4.69) is 0 Å². The summed E-state index contributed by atoms with van der Waals surface area (Å²) in [5.74, 6) is 0. The minimum atomic E-state index is -5.52. The van der Waals surface area contributed by atoms with Crippen molar-refractivity contribution in [3.05, 3.63) is 91.0 Å². The van der Waals surface area contributed by atoms with Gasteiger partial charge in [0.25, 0.3) is 7.22 Å². The van der Waals surface area contributed by atoms with Crippen molar-refractivity contribution in [1.82, 2.24) is 0 Å². The molecule has 134 valence electrons. The third kappa shape index (κ3) is 2.77. The lowest BCUT2D eigenvalue weighted by molar-refractivity contribution is -0.0415. The molecule has 3 rings (SSSR count). The van der Waals surface area contributed by atoms with Gasteiger partial charge in [-0.3, -0.25) is 0 Å². The van der Waals surface area contributed by atoms with E-state index in [-0.39, 0.29) is 15.6 Å². The average molecular weight is 392 g/mol. The number of hydrogen-bond donors (Lipinski definition) is 0. The van der Waals surface area contributed by atoms with Gasteiger partial charge >= 0.3 is 5.51 Å². The summed E-state index contributed by atoms with van der Waals surface area (Å²) >= 11 is 0. The topological polar surface area (TPSA) is 34.1 Å². The molecule has 0 fully saturated rings. The highest BCUT2D eigenvalue weighted by Gasteiger charge is 2.64. The molecule has 0 amide bonds. The Balaban J connectivity index is 2.53. The van der Waals surface area contributed by atoms with E-state index in [4.69, 9.17) is 0 Å². The molecule has 0 aromatic heterocycles. The van der Waals surface area contributed by atoms with Gasteiger partial charge in [0.2, 0.25) is 9.29 Å². The van der Waals surface area contributed by atoms with Crippen molar-refractivity contribution in [2.75, 3.05) is 0 Å². The summed E-state index contributed by atoms with van der Waals surface area (Å²) in [6, 6.07) is 23.1. The molecule has 3 aromatic rings. The zero-order valence-corrected chi connectivity index (χ0v) is 15.3. The van der Waals surface area contributed by atoms with Crippen LogP contribution < -0.4 is 15.6 Å². The lowest BCUT2D eigenvalue weighted by Gasteiger charge is -2.32. The number of hydrogen-bond acceptors (Lipinski definition) is 2. The van der Waals surface area contributed by atoms with E-state index in [1.807, 2.05) is 0 Å². The predicted octanol–water partition coefficient (Wildman–Crippen LogP) is 2.59. The normalized spacial score (nSPS) is 12.7. The highest BCUT2D eigenvalue weighted by atomic mass is 32.4. The van der Waals surface area contributed by atoms with Crippen LogP contribution in [0.15, 0.2) is 91.0 Å². The summed E-state index contributed by atoms with van der Waals surface area (Å²) in [6.45, 7) is 0. The maximum absolute atomic E-state index is 13.8. The average Bonchev–Trinajstić information content (AvgIpc) is 2.64. The van der Waals surface area contributed by atoms with Gasteiger partial charge in [-0.25, -0.2) is 8.42 Å². The number of halogens is 3. The summed E-state index contributed by atoms with van der Waals surface area (Å²) in [5, 5.41) is 0.527. The van der Waals surface area contributed by atoms with Gasteiger partial charge in [-0.2, -0.15) is 13.2 Å². The molecule has 0 spiro atoms. The first kappa shape index (κ1) is 18.4. The van der Waals surface area contributed by atoms with Crippen LogP contribution in [0.2, 0.25) is 0 Å². The molecule has 0 saturated carbocycles. The van der Waals surface area contributed by atoms with Crippen LogP contribution in [-0.4, -0.2) is 21.1 Å². The van der Waals surface area contributed by atoms with Crippen molar-refractivity contribution in [2.45, 2.75) is 5.51 Å². The van der Waals surface area contributed by atoms with Crippen molar-refractivity contribution >= 4 is 32.1 Å². The molecule has 0 atom stereocenters. The van der Waals surface area contributed by atoms with E-state index in [0.717, 1.165) is 0 Å². The second-order valence-electron chi connectivity index (χ2n) is 5.73. The monoisotopic (exact) mass is 392 g/mol. The Kier molecular flexibility index (Phi) is 4.77. The molecule has 0 heterocycles. The number of alkyl halides is 3. The SMILES string of the molecule is O=S(=O)(C(F)(F)F)[Si](c1ccccc1)(c1ccccc1)c1ccccc1. The van der Waals surface area contributed by atoms with Crippen LogP contribution in [-0.2, 0) is 9.29 Å². The maximum Gasteiger partial charge on any atom is 0.492 e. The van der Waals surface area contributed by atoms with Gasteiger partial charge in [0.05, 0.1) is 0 Å². The summed E-state index contributed by atoms with van der Waals surface area (Å²) < 4.78 is 67.5. The second kappa shape index (κ2) is 6.73. The zero-order chi connectivity index (χ0) is 18.8. The van der Waals surface area contributed by atoms with Crippen molar-refractivity contribution in [3.63, 3.8) is 0 Å². The van der Waals surface area contributed by atoms with Gasteiger partial charge in [-0.05, 0) is 15.6 Å². The van der Waals surface area contributed by atoms with Crippen molar-refractivity contribution < 1.29 is 21.6 Å². The molecule has 0 radical (unpaired) electrons. The highest BCUT2D eigenvalue weighted by molar-refractivity contribution is 8.27. The Morgan fingerprint density at radius 1 is 0.577 bits per heavy atom. The van der Waals surface area contributed by atoms with E-state index in [9.17, 15) is 21.6 Å². The summed E-state index contributed by atoms with van der Waals surface area (Å²) in [7, 11) is -9.96. The van der Waals surface area contributed by atoms with Crippen LogP contribution in [0.25, 0.3) is 0 Å². The molecule has 3 aromatic carbocycles. The number of rotatable bonds is 4. The summed E-state index contributed by atoms with van der Waals surface area (Å²) in [5.41, 5.74) is -5.37. The molecular weight excluding hydrogens is 377 g/mol. The molecule has 0 aliphatic carbocycles. The Bertz CT molecular complexity index is 877. The van der Waals surface area contributed by atoms with Gasteiger partial charge < -0.3 is 0 Å². The molecule has 0 unspecified atom stereocenters. The van der Waals surface area contributed by atoms with Crippen LogP contribution in [0.3, 0.4) is 0 Å². The molecule has 2 nitrogen and oxygen atoms in total. The van der Waals surface area contributed by atoms with Gasteiger partial charge in [0.15, 0.2) is 0 Å². The first-order chi connectivity index (χ1) is 12.3. The van der Waals surface area contributed by atoms with E-state index in [1.54, 1.807) is 54.6 Å². The largest absolute Gasteiger partial charge is 0.492 e. The van der Waals surface area contributed by atoms with Crippen molar-refractivity contribution in [2.24, 2.45) is 0 Å². The molecular formula is C19H15F3O2SSi. The molecule has 0 saturated heterocycles. The molecule has 0 aliphatic heterocycles. The molecule has 0 aliphatic rings. The summed E-state index contributed by atoms with van der Waals surface area (Å²) in [4.78, 5) is 0. The van der Waals surface area contributed by atoms with Crippen molar-refractivity contribution in [3.8, 4) is 0 Å². The summed E-state index contributed by atoms with van der Waals surface area (Å²) in [6.07, 6.45) is 0. The smallest absolute Gasteiger partial charge is 0.226 e. The second-order valence-corrected chi connectivity index (χ2v) is 13.7. The van der Waals surface area contributed by atoms with Gasteiger partial charge in [0, 0.05) is 0 Å². The fourth-order valence-corrected chi connectivity index (χ4v) is 12.5. The predicted molar refractivity (Wildman–Crippen MR) is 99.0 cm³/mol. The van der Waals surface area contributed by atoms with Gasteiger partial charge in [-0.1, -0.05) is 91.0 Å². The molecule has 0 bridgehead atoms. The van der Waals surface area contributed by atoms with Crippen LogP contribution in [0, 0.1) is 0 Å². The highest BCUT2D eigenvalue weighted by Crippen LogP contribution is 2.31. The Hall–Kier alpha value is -2.38. The standard InChI is InChI=1S/C19H15F3O2SSi/c20-19(21,22)25(23,24)26(16-10-4-1-5-11-16,17-12-6-2-7-13-17)18-14-8-3-9-15-18/h1-15H. The van der Waals surface area contributed by atoms with E-state index >= 15 is 0 Å². The Labute approximate surface area is 150 Å². The van der Waals surface area contributed by atoms with Crippen LogP contribution in [0.1, 0.15) is 0 Å². The number of benzene rings is 3. The molecule has 0 N–H and O–H groups in total. The minimum absolute atomic E-state index is 0.176. The minimum Gasteiger partial charge on any atom is -0.226 e. The van der Waals surface area contributed by atoms with Gasteiger partial charge in [-0.15, -0.1) is 0 Å². The first-order valence-corrected chi connectivity index (χ1v) is 12.0. The van der Waals surface area contributed by atoms with Crippen LogP contribution in [0.4, 0.5) is 13.2 Å². The zero-order valence-electron chi connectivity index (χ0n) is 13.5. The molecule has 7 heteroatoms. The third-order valence-electron chi connectivity index (χ3n) is 4.25.